The van der Waals surface area contributed by atoms with Crippen LogP contribution in [0, 0.1) is 5.21 Å². The molecule has 0 heterocycles. The first-order chi connectivity index (χ1) is 6.83. The molecule has 0 aromatic heterocycles. The molecule has 2 heteroatoms. The highest BCUT2D eigenvalue weighted by atomic mass is 16.5. The highest BCUT2D eigenvalue weighted by Crippen LogP contribution is 2.00. The topological polar surface area (TPSA) is 26.1 Å². The molecule has 0 unspecified atom stereocenters. The largest absolute Gasteiger partial charge is 0.624 e. The molecule has 0 aliphatic heterocycles. The first-order valence-electron chi connectivity index (χ1n) is 4.81. The summed E-state index contributed by atoms with van der Waals surface area (Å²) >= 11 is 0. The number of allylic oxidation sites excluding steroid dienone is 1. The minimum absolute atomic E-state index is 0.513. The molecule has 0 amide bonds. The van der Waals surface area contributed by atoms with Gasteiger partial charge in [0.15, 0.2) is 6.21 Å². The van der Waals surface area contributed by atoms with Crippen LogP contribution < -0.4 is 0 Å². The van der Waals surface area contributed by atoms with Crippen molar-refractivity contribution in [2.24, 2.45) is 0 Å². The fraction of sp³-hybridized carbons (Fsp3) is 0.250. The van der Waals surface area contributed by atoms with Crippen molar-refractivity contribution in [3.63, 3.8) is 0 Å². The molecular weight excluding hydrogens is 174 g/mol. The Labute approximate surface area is 84.8 Å². The first kappa shape index (κ1) is 10.5. The number of hydrogen-bond donors (Lipinski definition) is 0. The van der Waals surface area contributed by atoms with E-state index in [1.807, 2.05) is 49.4 Å². The molecule has 0 saturated carbocycles. The van der Waals surface area contributed by atoms with Gasteiger partial charge in [-0.15, -0.1) is 0 Å². The van der Waals surface area contributed by atoms with Crippen LogP contribution in [0.25, 0.3) is 6.08 Å². The maximum atomic E-state index is 10.9. The summed E-state index contributed by atoms with van der Waals surface area (Å²) < 4.78 is 0.940. The van der Waals surface area contributed by atoms with Gasteiger partial charge in [0.2, 0.25) is 0 Å². The van der Waals surface area contributed by atoms with Gasteiger partial charge in [-0.1, -0.05) is 42.5 Å². The van der Waals surface area contributed by atoms with Crippen LogP contribution in [-0.2, 0) is 0 Å². The summed E-state index contributed by atoms with van der Waals surface area (Å²) in [5.74, 6) is 0. The van der Waals surface area contributed by atoms with Crippen LogP contribution in [-0.4, -0.2) is 17.5 Å². The predicted octanol–water partition coefficient (Wildman–Crippen LogP) is 2.69. The van der Waals surface area contributed by atoms with Crippen molar-refractivity contribution in [3.8, 4) is 0 Å². The van der Waals surface area contributed by atoms with Crippen LogP contribution in [0.4, 0.5) is 0 Å². The molecule has 0 saturated heterocycles. The van der Waals surface area contributed by atoms with Gasteiger partial charge in [-0.3, -0.25) is 0 Å². The summed E-state index contributed by atoms with van der Waals surface area (Å²) in [6.45, 7) is 2.35. The molecule has 0 N–H and O–H groups in total. The quantitative estimate of drug-likeness (QED) is 0.309. The van der Waals surface area contributed by atoms with Crippen LogP contribution in [0.1, 0.15) is 18.9 Å². The molecule has 0 aliphatic rings. The zero-order valence-corrected chi connectivity index (χ0v) is 8.39. The summed E-state index contributed by atoms with van der Waals surface area (Å²) in [5, 5.41) is 10.9. The molecule has 74 valence electrons. The third-order valence-corrected chi connectivity index (χ3v) is 1.87. The van der Waals surface area contributed by atoms with Gasteiger partial charge in [-0.25, -0.2) is 4.74 Å². The Balaban J connectivity index is 2.42. The second-order valence-corrected chi connectivity index (χ2v) is 2.96. The third-order valence-electron chi connectivity index (χ3n) is 1.87. The van der Waals surface area contributed by atoms with E-state index in [9.17, 15) is 5.21 Å². The van der Waals surface area contributed by atoms with Crippen molar-refractivity contribution in [1.82, 2.24) is 0 Å². The maximum Gasteiger partial charge on any atom is 0.154 e. The van der Waals surface area contributed by atoms with Crippen LogP contribution in [0.2, 0.25) is 0 Å². The monoisotopic (exact) mass is 189 g/mol. The SMILES string of the molecule is CC[N+]([O-])=CCC=Cc1ccccc1. The lowest BCUT2D eigenvalue weighted by atomic mass is 10.2. The zero-order chi connectivity index (χ0) is 10.2. The zero-order valence-electron chi connectivity index (χ0n) is 8.39. The van der Waals surface area contributed by atoms with Crippen LogP contribution in [0.3, 0.4) is 0 Å². The second kappa shape index (κ2) is 5.97. The molecular formula is C12H15NO. The lowest BCUT2D eigenvalue weighted by Gasteiger charge is -1.96. The highest BCUT2D eigenvalue weighted by molar-refractivity contribution is 5.58. The molecule has 1 aromatic rings. The highest BCUT2D eigenvalue weighted by Gasteiger charge is 1.84. The van der Waals surface area contributed by atoms with Gasteiger partial charge in [0.05, 0.1) is 0 Å². The van der Waals surface area contributed by atoms with E-state index in [0.717, 1.165) is 10.3 Å². The van der Waals surface area contributed by atoms with Crippen LogP contribution in [0.15, 0.2) is 36.4 Å². The molecule has 1 rings (SSSR count). The summed E-state index contributed by atoms with van der Waals surface area (Å²) in [5.41, 5.74) is 1.16. The Hall–Kier alpha value is -1.57. The van der Waals surface area contributed by atoms with E-state index < -0.39 is 0 Å². The normalized spacial score (nSPS) is 12.2. The van der Waals surface area contributed by atoms with E-state index in [1.165, 1.54) is 0 Å². The molecule has 0 atom stereocenters. The second-order valence-electron chi connectivity index (χ2n) is 2.96. The van der Waals surface area contributed by atoms with Gasteiger partial charge in [0.25, 0.3) is 0 Å². The van der Waals surface area contributed by atoms with Crippen molar-refractivity contribution in [3.05, 3.63) is 47.2 Å². The molecule has 0 spiro atoms. The Morgan fingerprint density at radius 1 is 1.29 bits per heavy atom. The van der Waals surface area contributed by atoms with Gasteiger partial charge < -0.3 is 5.21 Å². The van der Waals surface area contributed by atoms with Crippen molar-refractivity contribution in [2.75, 3.05) is 6.54 Å². The van der Waals surface area contributed by atoms with E-state index in [2.05, 4.69) is 0 Å². The molecule has 2 nitrogen and oxygen atoms in total. The maximum absolute atomic E-state index is 10.9. The summed E-state index contributed by atoms with van der Waals surface area (Å²) in [6.07, 6.45) is 6.32. The lowest BCUT2D eigenvalue weighted by Crippen LogP contribution is -2.01. The Bertz CT molecular complexity index is 314. The van der Waals surface area contributed by atoms with E-state index >= 15 is 0 Å². The van der Waals surface area contributed by atoms with E-state index in [0.29, 0.717) is 13.0 Å². The van der Waals surface area contributed by atoms with Crippen molar-refractivity contribution < 1.29 is 4.74 Å². The van der Waals surface area contributed by atoms with Gasteiger partial charge >= 0.3 is 0 Å². The Morgan fingerprint density at radius 2 is 2.00 bits per heavy atom. The Morgan fingerprint density at radius 3 is 2.64 bits per heavy atom. The number of benzene rings is 1. The van der Waals surface area contributed by atoms with Crippen molar-refractivity contribution in [2.45, 2.75) is 13.3 Å². The number of rotatable bonds is 4. The lowest BCUT2D eigenvalue weighted by molar-refractivity contribution is -0.449. The van der Waals surface area contributed by atoms with Gasteiger partial charge in [-0.05, 0) is 12.5 Å². The first-order valence-corrected chi connectivity index (χ1v) is 4.81. The van der Waals surface area contributed by atoms with Gasteiger partial charge in [0.1, 0.15) is 6.54 Å². The molecule has 0 bridgehead atoms. The average Bonchev–Trinajstić information content (AvgIpc) is 2.25. The fourth-order valence-electron chi connectivity index (χ4n) is 1.08. The standard InChI is InChI=1S/C12H15NO/c1-2-13(14)11-7-6-10-12-8-4-3-5-9-12/h3-6,8-11H,2,7H2,1H3. The minimum Gasteiger partial charge on any atom is -0.624 e. The van der Waals surface area contributed by atoms with Gasteiger partial charge in [0, 0.05) is 6.42 Å². The third kappa shape index (κ3) is 3.90. The van der Waals surface area contributed by atoms with Crippen LogP contribution in [0.5, 0.6) is 0 Å². The number of nitrogens with zero attached hydrogens (tertiary/aromatic N) is 1. The van der Waals surface area contributed by atoms with Crippen molar-refractivity contribution >= 4 is 12.3 Å². The van der Waals surface area contributed by atoms with E-state index in [4.69, 9.17) is 0 Å². The summed E-state index contributed by atoms with van der Waals surface area (Å²) in [4.78, 5) is 0. The minimum atomic E-state index is 0.513. The number of hydrogen-bond acceptors (Lipinski definition) is 1. The Kier molecular flexibility index (Phi) is 4.48. The predicted molar refractivity (Wildman–Crippen MR) is 60.3 cm³/mol. The smallest absolute Gasteiger partial charge is 0.154 e. The molecule has 0 fully saturated rings. The molecule has 1 aromatic carbocycles. The molecule has 0 radical (unpaired) electrons. The van der Waals surface area contributed by atoms with Gasteiger partial charge in [-0.2, -0.15) is 0 Å². The molecule has 14 heavy (non-hydrogen) atoms. The summed E-state index contributed by atoms with van der Waals surface area (Å²) in [7, 11) is 0. The van der Waals surface area contributed by atoms with E-state index in [1.54, 1.807) is 6.21 Å². The average molecular weight is 189 g/mol. The van der Waals surface area contributed by atoms with E-state index in [-0.39, 0.29) is 0 Å². The van der Waals surface area contributed by atoms with Crippen LogP contribution >= 0.6 is 0 Å². The molecule has 0 aliphatic carbocycles. The van der Waals surface area contributed by atoms with Crippen molar-refractivity contribution in [1.29, 1.82) is 0 Å². The number of hydroxylamine groups is 1. The summed E-state index contributed by atoms with van der Waals surface area (Å²) in [6, 6.07) is 10.0. The fourth-order valence-corrected chi connectivity index (χ4v) is 1.08.